The second-order valence-corrected chi connectivity index (χ2v) is 9.35. The lowest BCUT2D eigenvalue weighted by Crippen LogP contribution is -2.29. The number of amides is 1. The predicted octanol–water partition coefficient (Wildman–Crippen LogP) is 3.45. The molecule has 5 heterocycles. The van der Waals surface area contributed by atoms with Gasteiger partial charge in [0.05, 0.1) is 23.8 Å². The zero-order valence-electron chi connectivity index (χ0n) is 20.0. The van der Waals surface area contributed by atoms with Crippen LogP contribution in [0.2, 0.25) is 0 Å². The number of ketones is 1. The maximum atomic E-state index is 14.4. The minimum atomic E-state index is -0.999. The number of nitrogens with one attached hydrogen (secondary N) is 2. The molecule has 0 bridgehead atoms. The lowest BCUT2D eigenvalue weighted by atomic mass is 9.84. The molecule has 2 N–H and O–H groups in total. The molecule has 184 valence electrons. The molecule has 0 fully saturated rings. The van der Waals surface area contributed by atoms with E-state index in [1.54, 1.807) is 61.3 Å². The molecule has 1 aliphatic rings. The van der Waals surface area contributed by atoms with Crippen LogP contribution in [0, 0.1) is 5.82 Å². The fourth-order valence-electron chi connectivity index (χ4n) is 4.54. The highest BCUT2D eigenvalue weighted by molar-refractivity contribution is 6.10. The van der Waals surface area contributed by atoms with Crippen molar-refractivity contribution in [1.29, 1.82) is 0 Å². The van der Waals surface area contributed by atoms with E-state index in [0.717, 1.165) is 0 Å². The van der Waals surface area contributed by atoms with E-state index < -0.39 is 5.41 Å². The van der Waals surface area contributed by atoms with Crippen molar-refractivity contribution in [3.63, 3.8) is 0 Å². The SMILES string of the molecule is CC1(C)C(=O)Nc2nc(-c3nn(Cc4ccccc4F)c4ncccc34)nc(C(=O)Cc3ccn[nH]3)c21. The molecule has 0 radical (unpaired) electrons. The van der Waals surface area contributed by atoms with Crippen molar-refractivity contribution >= 4 is 28.5 Å². The summed E-state index contributed by atoms with van der Waals surface area (Å²) in [6.07, 6.45) is 3.21. The van der Waals surface area contributed by atoms with Crippen molar-refractivity contribution in [3.05, 3.63) is 83.2 Å². The van der Waals surface area contributed by atoms with Crippen LogP contribution in [0.15, 0.2) is 54.9 Å². The summed E-state index contributed by atoms with van der Waals surface area (Å²) in [5, 5.41) is 14.8. The van der Waals surface area contributed by atoms with Gasteiger partial charge in [0.1, 0.15) is 23.0 Å². The average Bonchev–Trinajstić information content (AvgIpc) is 3.58. The summed E-state index contributed by atoms with van der Waals surface area (Å²) >= 11 is 0. The number of aromatic nitrogens is 7. The number of Topliss-reactive ketones (excluding diaryl/α,β-unsaturated/α-hetero) is 1. The Hall–Kier alpha value is -4.80. The highest BCUT2D eigenvalue weighted by Crippen LogP contribution is 2.40. The molecule has 1 aromatic carbocycles. The second-order valence-electron chi connectivity index (χ2n) is 9.35. The first kappa shape index (κ1) is 22.7. The van der Waals surface area contributed by atoms with Gasteiger partial charge in [-0.2, -0.15) is 10.2 Å². The molecule has 37 heavy (non-hydrogen) atoms. The van der Waals surface area contributed by atoms with E-state index in [1.165, 1.54) is 6.07 Å². The number of nitrogens with zero attached hydrogens (tertiary/aromatic N) is 6. The number of carbonyl (C=O) groups excluding carboxylic acids is 2. The first-order valence-electron chi connectivity index (χ1n) is 11.6. The van der Waals surface area contributed by atoms with E-state index >= 15 is 0 Å². The minimum absolute atomic E-state index is 0.0250. The Labute approximate surface area is 210 Å². The monoisotopic (exact) mass is 496 g/mol. The molecule has 10 nitrogen and oxygen atoms in total. The molecule has 0 spiro atoms. The number of carbonyl (C=O) groups is 2. The van der Waals surface area contributed by atoms with Crippen LogP contribution < -0.4 is 5.32 Å². The van der Waals surface area contributed by atoms with E-state index in [1.807, 2.05) is 6.07 Å². The van der Waals surface area contributed by atoms with Crippen LogP contribution in [0.25, 0.3) is 22.6 Å². The number of hydrogen-bond donors (Lipinski definition) is 2. The summed E-state index contributed by atoms with van der Waals surface area (Å²) in [7, 11) is 0. The number of benzene rings is 1. The Kier molecular flexibility index (Phi) is 5.14. The zero-order chi connectivity index (χ0) is 25.7. The number of rotatable bonds is 6. The van der Waals surface area contributed by atoms with Crippen LogP contribution in [0.4, 0.5) is 10.2 Å². The van der Waals surface area contributed by atoms with Gasteiger partial charge in [0.15, 0.2) is 17.3 Å². The van der Waals surface area contributed by atoms with Gasteiger partial charge in [0, 0.05) is 29.2 Å². The first-order valence-corrected chi connectivity index (χ1v) is 11.6. The van der Waals surface area contributed by atoms with Gasteiger partial charge in [-0.15, -0.1) is 0 Å². The third-order valence-electron chi connectivity index (χ3n) is 6.50. The summed E-state index contributed by atoms with van der Waals surface area (Å²) in [6.45, 7) is 3.60. The van der Waals surface area contributed by atoms with E-state index in [-0.39, 0.29) is 47.8 Å². The number of hydrogen-bond acceptors (Lipinski definition) is 7. The van der Waals surface area contributed by atoms with Crippen molar-refractivity contribution in [2.75, 3.05) is 5.32 Å². The highest BCUT2D eigenvalue weighted by atomic mass is 19.1. The minimum Gasteiger partial charge on any atom is -0.310 e. The smallest absolute Gasteiger partial charge is 0.235 e. The van der Waals surface area contributed by atoms with Crippen molar-refractivity contribution < 1.29 is 14.0 Å². The molecule has 0 atom stereocenters. The highest BCUT2D eigenvalue weighted by Gasteiger charge is 2.44. The summed E-state index contributed by atoms with van der Waals surface area (Å²) in [5.41, 5.74) is 1.54. The van der Waals surface area contributed by atoms with Crippen LogP contribution in [0.5, 0.6) is 0 Å². The third-order valence-corrected chi connectivity index (χ3v) is 6.50. The van der Waals surface area contributed by atoms with Gasteiger partial charge in [-0.05, 0) is 38.1 Å². The van der Waals surface area contributed by atoms with Crippen LogP contribution in [0.3, 0.4) is 0 Å². The van der Waals surface area contributed by atoms with Gasteiger partial charge in [-0.3, -0.25) is 14.7 Å². The Morgan fingerprint density at radius 3 is 2.70 bits per heavy atom. The summed E-state index contributed by atoms with van der Waals surface area (Å²) in [5.74, 6) is -0.485. The maximum Gasteiger partial charge on any atom is 0.235 e. The molecular weight excluding hydrogens is 475 g/mol. The largest absolute Gasteiger partial charge is 0.310 e. The molecule has 5 aromatic rings. The lowest BCUT2D eigenvalue weighted by Gasteiger charge is -2.17. The molecule has 6 rings (SSSR count). The molecule has 0 saturated carbocycles. The maximum absolute atomic E-state index is 14.4. The summed E-state index contributed by atoms with van der Waals surface area (Å²) in [4.78, 5) is 39.9. The van der Waals surface area contributed by atoms with Crippen molar-refractivity contribution in [1.82, 2.24) is 34.9 Å². The van der Waals surface area contributed by atoms with Gasteiger partial charge in [-0.1, -0.05) is 18.2 Å². The molecule has 0 saturated heterocycles. The number of aromatic amines is 1. The second kappa shape index (κ2) is 8.40. The third kappa shape index (κ3) is 3.75. The van der Waals surface area contributed by atoms with Crippen LogP contribution in [-0.4, -0.2) is 46.6 Å². The van der Waals surface area contributed by atoms with Crippen LogP contribution in [0.1, 0.15) is 41.2 Å². The molecule has 1 amide bonds. The van der Waals surface area contributed by atoms with Gasteiger partial charge in [-0.25, -0.2) is 24.0 Å². The van der Waals surface area contributed by atoms with E-state index in [9.17, 15) is 14.0 Å². The molecule has 1 aliphatic heterocycles. The number of anilines is 1. The topological polar surface area (TPSA) is 131 Å². The molecule has 0 unspecified atom stereocenters. The Balaban J connectivity index is 1.51. The number of pyridine rings is 1. The quantitative estimate of drug-likeness (QED) is 0.344. The van der Waals surface area contributed by atoms with Crippen molar-refractivity contribution in [2.24, 2.45) is 0 Å². The predicted molar refractivity (Wildman–Crippen MR) is 132 cm³/mol. The number of halogens is 1. The van der Waals surface area contributed by atoms with Crippen molar-refractivity contribution in [2.45, 2.75) is 32.2 Å². The normalized spacial score (nSPS) is 14.1. The Morgan fingerprint density at radius 2 is 1.92 bits per heavy atom. The van der Waals surface area contributed by atoms with E-state index in [0.29, 0.717) is 33.5 Å². The zero-order valence-corrected chi connectivity index (χ0v) is 20.0. The average molecular weight is 497 g/mol. The van der Waals surface area contributed by atoms with Crippen molar-refractivity contribution in [3.8, 4) is 11.5 Å². The summed E-state index contributed by atoms with van der Waals surface area (Å²) in [6, 6.07) is 11.7. The van der Waals surface area contributed by atoms with Crippen LogP contribution >= 0.6 is 0 Å². The fourth-order valence-corrected chi connectivity index (χ4v) is 4.54. The lowest BCUT2D eigenvalue weighted by molar-refractivity contribution is -0.119. The van der Waals surface area contributed by atoms with Gasteiger partial charge in [0.25, 0.3) is 0 Å². The van der Waals surface area contributed by atoms with Gasteiger partial charge in [0.2, 0.25) is 5.91 Å². The number of H-pyrrole nitrogens is 1. The molecule has 4 aromatic heterocycles. The fraction of sp³-hybridized carbons (Fsp3) is 0.192. The molecule has 0 aliphatic carbocycles. The standard InChI is InChI=1S/C26H21FN8O2/c1-26(2)19-21(18(36)12-15-9-11-29-33-15)30-23(31-22(19)32-25(26)37)20-16-7-5-10-28-24(16)35(34-20)13-14-6-3-4-8-17(14)27/h3-11H,12-13H2,1-2H3,(H,29,33)(H,30,31,32,37). The Morgan fingerprint density at radius 1 is 1.08 bits per heavy atom. The van der Waals surface area contributed by atoms with Crippen LogP contribution in [-0.2, 0) is 23.2 Å². The van der Waals surface area contributed by atoms with Gasteiger partial charge >= 0.3 is 0 Å². The number of fused-ring (bicyclic) bond motifs is 2. The molecule has 11 heteroatoms. The first-order chi connectivity index (χ1) is 17.8. The summed E-state index contributed by atoms with van der Waals surface area (Å²) < 4.78 is 16.0. The molecular formula is C26H21FN8O2. The van der Waals surface area contributed by atoms with E-state index in [4.69, 9.17) is 0 Å². The van der Waals surface area contributed by atoms with Gasteiger partial charge < -0.3 is 5.32 Å². The van der Waals surface area contributed by atoms with E-state index in [2.05, 4.69) is 35.6 Å². The Bertz CT molecular complexity index is 1690.